The molecule has 2 rings (SSSR count). The second kappa shape index (κ2) is 6.58. The lowest BCUT2D eigenvalue weighted by Gasteiger charge is -2.26. The minimum absolute atomic E-state index is 0.105. The van der Waals surface area contributed by atoms with Gasteiger partial charge in [-0.05, 0) is 18.3 Å². The molecule has 1 saturated carbocycles. The number of hydrogen-bond acceptors (Lipinski definition) is 3. The minimum atomic E-state index is -0.105. The third-order valence-corrected chi connectivity index (χ3v) is 3.75. The molecular weight excluding hydrogens is 204 g/mol. The number of hydrogen-bond donors (Lipinski definition) is 0. The zero-order valence-electron chi connectivity index (χ0n) is 10.3. The van der Waals surface area contributed by atoms with Gasteiger partial charge in [-0.3, -0.25) is 0 Å². The Morgan fingerprint density at radius 3 is 2.44 bits per heavy atom. The summed E-state index contributed by atoms with van der Waals surface area (Å²) in [5.74, 6) is 1.83. The maximum Gasteiger partial charge on any atom is 0.181 e. The van der Waals surface area contributed by atoms with Crippen molar-refractivity contribution in [2.75, 3.05) is 26.4 Å². The quantitative estimate of drug-likeness (QED) is 0.677. The molecule has 3 heteroatoms. The van der Waals surface area contributed by atoms with E-state index in [1.807, 2.05) is 0 Å². The van der Waals surface area contributed by atoms with Crippen LogP contribution in [0.4, 0.5) is 0 Å². The van der Waals surface area contributed by atoms with Gasteiger partial charge >= 0.3 is 0 Å². The predicted molar refractivity (Wildman–Crippen MR) is 62.3 cm³/mol. The van der Waals surface area contributed by atoms with Crippen LogP contribution in [0.15, 0.2) is 0 Å². The van der Waals surface area contributed by atoms with Crippen molar-refractivity contribution in [2.24, 2.45) is 11.8 Å². The highest BCUT2D eigenvalue weighted by atomic mass is 16.7. The van der Waals surface area contributed by atoms with Gasteiger partial charge in [0.15, 0.2) is 6.29 Å². The molecule has 0 N–H and O–H groups in total. The molecule has 2 fully saturated rings. The fraction of sp³-hybridized carbons (Fsp3) is 1.00. The van der Waals surface area contributed by atoms with Crippen molar-refractivity contribution in [3.63, 3.8) is 0 Å². The van der Waals surface area contributed by atoms with E-state index in [2.05, 4.69) is 6.92 Å². The molecule has 0 radical (unpaired) electrons. The first-order valence-corrected chi connectivity index (χ1v) is 6.65. The van der Waals surface area contributed by atoms with E-state index in [0.717, 1.165) is 18.4 Å². The van der Waals surface area contributed by atoms with Crippen LogP contribution in [0, 0.1) is 11.8 Å². The smallest absolute Gasteiger partial charge is 0.181 e. The summed E-state index contributed by atoms with van der Waals surface area (Å²) < 4.78 is 16.2. The lowest BCUT2D eigenvalue weighted by Crippen LogP contribution is -2.19. The molecule has 0 amide bonds. The van der Waals surface area contributed by atoms with Crippen LogP contribution in [0.25, 0.3) is 0 Å². The van der Waals surface area contributed by atoms with Gasteiger partial charge in [0.2, 0.25) is 0 Å². The maximum atomic E-state index is 5.60. The standard InChI is InChI=1S/C13H24O3/c1-11-2-4-12(5-3-11)6-7-14-10-13-15-8-9-16-13/h11-13H,2-10H2,1H3. The lowest BCUT2D eigenvalue weighted by atomic mass is 9.82. The first kappa shape index (κ1) is 12.3. The Hall–Kier alpha value is -0.120. The second-order valence-corrected chi connectivity index (χ2v) is 5.16. The summed E-state index contributed by atoms with van der Waals surface area (Å²) in [6.45, 7) is 5.26. The molecule has 16 heavy (non-hydrogen) atoms. The fourth-order valence-electron chi connectivity index (χ4n) is 2.55. The summed E-state index contributed by atoms with van der Waals surface area (Å²) in [5, 5.41) is 0. The van der Waals surface area contributed by atoms with Crippen molar-refractivity contribution in [3.05, 3.63) is 0 Å². The zero-order valence-corrected chi connectivity index (χ0v) is 10.3. The van der Waals surface area contributed by atoms with Crippen LogP contribution in [0.5, 0.6) is 0 Å². The molecule has 0 spiro atoms. The van der Waals surface area contributed by atoms with Crippen molar-refractivity contribution in [1.82, 2.24) is 0 Å². The SMILES string of the molecule is CC1CCC(CCOCC2OCCO2)CC1. The molecule has 0 atom stereocenters. The third kappa shape index (κ3) is 4.04. The van der Waals surface area contributed by atoms with Crippen molar-refractivity contribution in [1.29, 1.82) is 0 Å². The molecule has 0 aromatic carbocycles. The first-order chi connectivity index (χ1) is 7.84. The second-order valence-electron chi connectivity index (χ2n) is 5.16. The molecule has 1 heterocycles. The van der Waals surface area contributed by atoms with Gasteiger partial charge in [0, 0.05) is 6.61 Å². The van der Waals surface area contributed by atoms with Gasteiger partial charge in [-0.1, -0.05) is 32.6 Å². The summed E-state index contributed by atoms with van der Waals surface area (Å²) in [4.78, 5) is 0. The molecular formula is C13H24O3. The topological polar surface area (TPSA) is 27.7 Å². The molecule has 1 aliphatic heterocycles. The molecule has 0 aromatic heterocycles. The molecule has 0 aromatic rings. The lowest BCUT2D eigenvalue weighted by molar-refractivity contribution is -0.0955. The van der Waals surface area contributed by atoms with Gasteiger partial charge in [-0.25, -0.2) is 0 Å². The average Bonchev–Trinajstić information content (AvgIpc) is 2.80. The van der Waals surface area contributed by atoms with Gasteiger partial charge in [0.05, 0.1) is 19.8 Å². The van der Waals surface area contributed by atoms with E-state index in [9.17, 15) is 0 Å². The van der Waals surface area contributed by atoms with Crippen molar-refractivity contribution >= 4 is 0 Å². The zero-order chi connectivity index (χ0) is 11.2. The highest BCUT2D eigenvalue weighted by Crippen LogP contribution is 2.30. The average molecular weight is 228 g/mol. The van der Waals surface area contributed by atoms with Crippen LogP contribution >= 0.6 is 0 Å². The van der Waals surface area contributed by atoms with Gasteiger partial charge < -0.3 is 14.2 Å². The fourth-order valence-corrected chi connectivity index (χ4v) is 2.55. The Kier molecular flexibility index (Phi) is 5.07. The van der Waals surface area contributed by atoms with Crippen molar-refractivity contribution in [3.8, 4) is 0 Å². The molecule has 0 unspecified atom stereocenters. The Labute approximate surface area is 98.4 Å². The minimum Gasteiger partial charge on any atom is -0.376 e. The third-order valence-electron chi connectivity index (χ3n) is 3.75. The van der Waals surface area contributed by atoms with E-state index in [1.54, 1.807) is 0 Å². The highest BCUT2D eigenvalue weighted by Gasteiger charge is 2.19. The summed E-state index contributed by atoms with van der Waals surface area (Å²) in [6, 6.07) is 0. The maximum absolute atomic E-state index is 5.60. The Bertz CT molecular complexity index is 182. The van der Waals surface area contributed by atoms with Crippen LogP contribution in [0.3, 0.4) is 0 Å². The van der Waals surface area contributed by atoms with Gasteiger partial charge in [-0.15, -0.1) is 0 Å². The summed E-state index contributed by atoms with van der Waals surface area (Å²) in [6.07, 6.45) is 6.69. The first-order valence-electron chi connectivity index (χ1n) is 6.65. The van der Waals surface area contributed by atoms with E-state index in [4.69, 9.17) is 14.2 Å². The van der Waals surface area contributed by atoms with Gasteiger partial charge in [-0.2, -0.15) is 0 Å². The van der Waals surface area contributed by atoms with Crippen molar-refractivity contribution in [2.45, 2.75) is 45.3 Å². The predicted octanol–water partition coefficient (Wildman–Crippen LogP) is 2.59. The molecule has 1 saturated heterocycles. The number of rotatable bonds is 5. The van der Waals surface area contributed by atoms with Crippen molar-refractivity contribution < 1.29 is 14.2 Å². The normalized spacial score (nSPS) is 32.1. The summed E-state index contributed by atoms with van der Waals surface area (Å²) in [5.41, 5.74) is 0. The van der Waals surface area contributed by atoms with Crippen LogP contribution in [0.2, 0.25) is 0 Å². The molecule has 3 nitrogen and oxygen atoms in total. The van der Waals surface area contributed by atoms with E-state index in [-0.39, 0.29) is 6.29 Å². The molecule has 1 aliphatic carbocycles. The van der Waals surface area contributed by atoms with Crippen LogP contribution in [0.1, 0.15) is 39.0 Å². The molecule has 94 valence electrons. The Morgan fingerprint density at radius 2 is 1.75 bits per heavy atom. The van der Waals surface area contributed by atoms with E-state index in [1.165, 1.54) is 32.1 Å². The summed E-state index contributed by atoms with van der Waals surface area (Å²) in [7, 11) is 0. The molecule has 2 aliphatic rings. The van der Waals surface area contributed by atoms with Crippen LogP contribution in [-0.2, 0) is 14.2 Å². The summed E-state index contributed by atoms with van der Waals surface area (Å²) >= 11 is 0. The Morgan fingerprint density at radius 1 is 1.06 bits per heavy atom. The Balaban J connectivity index is 1.48. The van der Waals surface area contributed by atoms with Crippen LogP contribution < -0.4 is 0 Å². The number of ether oxygens (including phenoxy) is 3. The van der Waals surface area contributed by atoms with E-state index < -0.39 is 0 Å². The monoisotopic (exact) mass is 228 g/mol. The largest absolute Gasteiger partial charge is 0.376 e. The van der Waals surface area contributed by atoms with Gasteiger partial charge in [0.25, 0.3) is 0 Å². The van der Waals surface area contributed by atoms with E-state index >= 15 is 0 Å². The molecule has 0 bridgehead atoms. The van der Waals surface area contributed by atoms with Gasteiger partial charge in [0.1, 0.15) is 0 Å². The highest BCUT2D eigenvalue weighted by molar-refractivity contribution is 4.69. The van der Waals surface area contributed by atoms with E-state index in [0.29, 0.717) is 19.8 Å². The van der Waals surface area contributed by atoms with Crippen LogP contribution in [-0.4, -0.2) is 32.7 Å².